The number of rotatable bonds is 6. The van der Waals surface area contributed by atoms with Crippen molar-refractivity contribution < 1.29 is 19.2 Å². The minimum atomic E-state index is -0.622. The highest BCUT2D eigenvalue weighted by Gasteiger charge is 2.38. The number of aryl methyl sites for hydroxylation is 1. The van der Waals surface area contributed by atoms with Crippen LogP contribution in [-0.4, -0.2) is 34.6 Å². The molecule has 2 heterocycles. The maximum Gasteiger partial charge on any atom is 0.255 e. The molecule has 2 aliphatic heterocycles. The van der Waals surface area contributed by atoms with Crippen LogP contribution in [0.25, 0.3) is 0 Å². The predicted octanol–water partition coefficient (Wildman–Crippen LogP) is 1.70. The fraction of sp³-hybridized carbons (Fsp3) is 0.304. The van der Waals surface area contributed by atoms with Crippen LogP contribution >= 0.6 is 0 Å². The minimum absolute atomic E-state index is 0.0272. The molecule has 1 fully saturated rings. The number of nitrogens with zero attached hydrogens (tertiary/aromatic N) is 1. The zero-order valence-electron chi connectivity index (χ0n) is 16.5. The smallest absolute Gasteiger partial charge is 0.255 e. The highest BCUT2D eigenvalue weighted by Crippen LogP contribution is 2.28. The molecule has 1 atom stereocenters. The summed E-state index contributed by atoms with van der Waals surface area (Å²) >= 11 is 0. The molecule has 0 aliphatic carbocycles. The summed E-state index contributed by atoms with van der Waals surface area (Å²) in [5, 5.41) is 5.22. The number of fused-ring (bicyclic) bond motifs is 1. The lowest BCUT2D eigenvalue weighted by atomic mass is 10.0. The number of hydrogen-bond donors (Lipinski definition) is 2. The molecule has 1 saturated heterocycles. The van der Waals surface area contributed by atoms with Crippen LogP contribution in [-0.2, 0) is 33.9 Å². The van der Waals surface area contributed by atoms with E-state index >= 15 is 0 Å². The van der Waals surface area contributed by atoms with Crippen molar-refractivity contribution in [3.8, 4) is 0 Å². The van der Waals surface area contributed by atoms with Crippen molar-refractivity contribution in [2.45, 2.75) is 44.8 Å². The van der Waals surface area contributed by atoms with Gasteiger partial charge in [-0.25, -0.2) is 0 Å². The molecular formula is C23H23N3O4. The Morgan fingerprint density at radius 2 is 1.87 bits per heavy atom. The summed E-state index contributed by atoms with van der Waals surface area (Å²) in [6.07, 6.45) is 1.68. The highest BCUT2D eigenvalue weighted by molar-refractivity contribution is 6.05. The predicted molar refractivity (Wildman–Crippen MR) is 109 cm³/mol. The number of amides is 4. The van der Waals surface area contributed by atoms with Crippen molar-refractivity contribution >= 4 is 23.6 Å². The van der Waals surface area contributed by atoms with Gasteiger partial charge in [0, 0.05) is 31.5 Å². The molecule has 2 aliphatic rings. The highest BCUT2D eigenvalue weighted by atomic mass is 16.2. The van der Waals surface area contributed by atoms with Crippen LogP contribution in [0, 0.1) is 0 Å². The van der Waals surface area contributed by atoms with Crippen molar-refractivity contribution in [2.24, 2.45) is 0 Å². The summed E-state index contributed by atoms with van der Waals surface area (Å²) in [6, 6.07) is 14.7. The Morgan fingerprint density at radius 3 is 2.63 bits per heavy atom. The molecule has 4 amide bonds. The minimum Gasteiger partial charge on any atom is -0.352 e. The molecule has 0 saturated carbocycles. The topological polar surface area (TPSA) is 95.6 Å². The van der Waals surface area contributed by atoms with E-state index in [-0.39, 0.29) is 24.1 Å². The number of benzene rings is 2. The lowest BCUT2D eigenvalue weighted by molar-refractivity contribution is -0.137. The molecule has 2 aromatic carbocycles. The van der Waals surface area contributed by atoms with Crippen molar-refractivity contribution in [2.75, 3.05) is 0 Å². The van der Waals surface area contributed by atoms with E-state index in [1.165, 1.54) is 4.90 Å². The van der Waals surface area contributed by atoms with Crippen LogP contribution in [0.1, 0.15) is 46.3 Å². The van der Waals surface area contributed by atoms with E-state index in [1.54, 1.807) is 6.07 Å². The summed E-state index contributed by atoms with van der Waals surface area (Å²) < 4.78 is 0. The molecule has 0 spiro atoms. The Bertz CT molecular complexity index is 1000. The Balaban J connectivity index is 1.34. The van der Waals surface area contributed by atoms with Gasteiger partial charge >= 0.3 is 0 Å². The fourth-order valence-electron chi connectivity index (χ4n) is 3.93. The van der Waals surface area contributed by atoms with Crippen LogP contribution in [0.5, 0.6) is 0 Å². The molecule has 2 N–H and O–H groups in total. The standard InChI is InChI=1S/C23H23N3O4/c27-20(10-7-15-4-2-1-3-5-15)24-13-16-6-8-18-17(12-16)14-26(23(18)30)19-9-11-21(28)25-22(19)29/h1-6,8,12,19H,7,9-11,13-14H2,(H,24,27)(H,25,28,29). The fourth-order valence-corrected chi connectivity index (χ4v) is 3.93. The first kappa shape index (κ1) is 19.8. The summed E-state index contributed by atoms with van der Waals surface area (Å²) in [5.74, 6) is -0.942. The second-order valence-electron chi connectivity index (χ2n) is 7.65. The van der Waals surface area contributed by atoms with Crippen molar-refractivity contribution in [3.63, 3.8) is 0 Å². The molecule has 4 rings (SSSR count). The SMILES string of the molecule is O=C(CCc1ccccc1)NCc1ccc2c(c1)CN(C1CCC(=O)NC1=O)C2=O. The van der Waals surface area contributed by atoms with Gasteiger partial charge in [0.25, 0.3) is 5.91 Å². The van der Waals surface area contributed by atoms with Crippen LogP contribution in [0.15, 0.2) is 48.5 Å². The molecule has 2 aromatic rings. The van der Waals surface area contributed by atoms with Crippen LogP contribution in [0.3, 0.4) is 0 Å². The molecule has 0 aromatic heterocycles. The van der Waals surface area contributed by atoms with Crippen LogP contribution in [0.2, 0.25) is 0 Å². The molecular weight excluding hydrogens is 382 g/mol. The van der Waals surface area contributed by atoms with Gasteiger partial charge in [-0.1, -0.05) is 42.5 Å². The maximum atomic E-state index is 12.7. The maximum absolute atomic E-state index is 12.7. The molecule has 0 radical (unpaired) electrons. The lowest BCUT2D eigenvalue weighted by Crippen LogP contribution is -2.52. The first-order valence-corrected chi connectivity index (χ1v) is 10.1. The van der Waals surface area contributed by atoms with Gasteiger partial charge in [-0.15, -0.1) is 0 Å². The van der Waals surface area contributed by atoms with Gasteiger partial charge in [-0.2, -0.15) is 0 Å². The molecule has 30 heavy (non-hydrogen) atoms. The van der Waals surface area contributed by atoms with Gasteiger partial charge in [0.05, 0.1) is 0 Å². The molecule has 0 bridgehead atoms. The number of imide groups is 1. The van der Waals surface area contributed by atoms with E-state index in [2.05, 4.69) is 10.6 Å². The molecule has 154 valence electrons. The monoisotopic (exact) mass is 405 g/mol. The van der Waals surface area contributed by atoms with Crippen molar-refractivity contribution in [1.29, 1.82) is 0 Å². The number of piperidine rings is 1. The Hall–Kier alpha value is -3.48. The van der Waals surface area contributed by atoms with Crippen molar-refractivity contribution in [1.82, 2.24) is 15.5 Å². The first-order valence-electron chi connectivity index (χ1n) is 10.1. The third-order valence-electron chi connectivity index (χ3n) is 5.56. The largest absolute Gasteiger partial charge is 0.352 e. The van der Waals surface area contributed by atoms with E-state index < -0.39 is 11.9 Å². The average molecular weight is 405 g/mol. The lowest BCUT2D eigenvalue weighted by Gasteiger charge is -2.29. The van der Waals surface area contributed by atoms with Crippen LogP contribution in [0.4, 0.5) is 0 Å². The van der Waals surface area contributed by atoms with Gasteiger partial charge in [0.15, 0.2) is 0 Å². The number of hydrogen-bond acceptors (Lipinski definition) is 4. The third kappa shape index (κ3) is 4.25. The summed E-state index contributed by atoms with van der Waals surface area (Å²) in [4.78, 5) is 49.9. The Labute approximate surface area is 174 Å². The zero-order valence-corrected chi connectivity index (χ0v) is 16.5. The Kier molecular flexibility index (Phi) is 5.61. The number of nitrogens with one attached hydrogen (secondary N) is 2. The van der Waals surface area contributed by atoms with Gasteiger partial charge < -0.3 is 10.2 Å². The Morgan fingerprint density at radius 1 is 1.07 bits per heavy atom. The van der Waals surface area contributed by atoms with E-state index in [0.29, 0.717) is 37.9 Å². The van der Waals surface area contributed by atoms with E-state index in [4.69, 9.17) is 0 Å². The first-order chi connectivity index (χ1) is 14.5. The van der Waals surface area contributed by atoms with E-state index in [1.807, 2.05) is 42.5 Å². The molecule has 7 nitrogen and oxygen atoms in total. The number of carbonyl (C=O) groups is 4. The zero-order chi connectivity index (χ0) is 21.1. The van der Waals surface area contributed by atoms with E-state index in [9.17, 15) is 19.2 Å². The second kappa shape index (κ2) is 8.49. The normalized spacial score (nSPS) is 18.2. The van der Waals surface area contributed by atoms with Crippen LogP contribution < -0.4 is 10.6 Å². The quantitative estimate of drug-likeness (QED) is 0.715. The number of carbonyl (C=O) groups excluding carboxylic acids is 4. The van der Waals surface area contributed by atoms with Gasteiger partial charge in [0.2, 0.25) is 17.7 Å². The van der Waals surface area contributed by atoms with E-state index in [0.717, 1.165) is 16.7 Å². The van der Waals surface area contributed by atoms with Crippen molar-refractivity contribution in [3.05, 3.63) is 70.8 Å². The summed E-state index contributed by atoms with van der Waals surface area (Å²) in [7, 11) is 0. The second-order valence-corrected chi connectivity index (χ2v) is 7.65. The summed E-state index contributed by atoms with van der Waals surface area (Å²) in [5.41, 5.74) is 3.43. The summed E-state index contributed by atoms with van der Waals surface area (Å²) in [6.45, 7) is 0.712. The third-order valence-corrected chi connectivity index (χ3v) is 5.56. The van der Waals surface area contributed by atoms with Gasteiger partial charge in [-0.3, -0.25) is 24.5 Å². The van der Waals surface area contributed by atoms with Gasteiger partial charge in [-0.05, 0) is 35.6 Å². The van der Waals surface area contributed by atoms with Gasteiger partial charge in [0.1, 0.15) is 6.04 Å². The molecule has 1 unspecified atom stereocenters. The average Bonchev–Trinajstić information content (AvgIpc) is 3.07. The molecule has 7 heteroatoms.